The van der Waals surface area contributed by atoms with Crippen LogP contribution in [0.4, 0.5) is 5.69 Å². The van der Waals surface area contributed by atoms with Gasteiger partial charge in [0.05, 0.1) is 0 Å². The van der Waals surface area contributed by atoms with Crippen molar-refractivity contribution in [2.45, 2.75) is 19.9 Å². The molecular weight excluding hydrogens is 208 g/mol. The Labute approximate surface area is 95.0 Å². The molecule has 5 heteroatoms. The van der Waals surface area contributed by atoms with Crippen molar-refractivity contribution < 1.29 is 0 Å². The largest absolute Gasteiger partial charge is 0.331 e. The number of anilines is 1. The van der Waals surface area contributed by atoms with Crippen molar-refractivity contribution in [3.8, 4) is 0 Å². The molecule has 0 heterocycles. The molecule has 0 fully saturated rings. The van der Waals surface area contributed by atoms with Gasteiger partial charge in [0.2, 0.25) is 0 Å². The van der Waals surface area contributed by atoms with E-state index in [1.807, 2.05) is 18.2 Å². The first-order valence-electron chi connectivity index (χ1n) is 4.81. The molecule has 0 unspecified atom stereocenters. The summed E-state index contributed by atoms with van der Waals surface area (Å²) in [5.41, 5.74) is 11.2. The third kappa shape index (κ3) is 2.89. The summed E-state index contributed by atoms with van der Waals surface area (Å²) in [6, 6.07) is 6.01. The Morgan fingerprint density at radius 3 is 2.60 bits per heavy atom. The van der Waals surface area contributed by atoms with Crippen LogP contribution in [0.25, 0.3) is 0 Å². The minimum atomic E-state index is 0.394. The van der Waals surface area contributed by atoms with Crippen LogP contribution < -0.4 is 22.3 Å². The van der Waals surface area contributed by atoms with Crippen molar-refractivity contribution in [3.63, 3.8) is 0 Å². The zero-order chi connectivity index (χ0) is 11.3. The van der Waals surface area contributed by atoms with E-state index in [1.54, 1.807) is 0 Å². The fraction of sp³-hybridized carbons (Fsp3) is 0.300. The smallest absolute Gasteiger partial charge is 0.185 e. The summed E-state index contributed by atoms with van der Waals surface area (Å²) in [5.74, 6) is 5.22. The number of nitrogens with one attached hydrogen (secondary N) is 2. The maximum Gasteiger partial charge on any atom is 0.185 e. The number of rotatable bonds is 3. The summed E-state index contributed by atoms with van der Waals surface area (Å²) in [7, 11) is 0. The third-order valence-corrected chi connectivity index (χ3v) is 2.43. The average Bonchev–Trinajstić information content (AvgIpc) is 2.29. The van der Waals surface area contributed by atoms with Crippen LogP contribution in [-0.2, 0) is 13.0 Å². The molecule has 0 aliphatic heterocycles. The number of para-hydroxylation sites is 1. The van der Waals surface area contributed by atoms with Crippen LogP contribution in [-0.4, -0.2) is 5.11 Å². The molecule has 0 amide bonds. The minimum absolute atomic E-state index is 0.394. The SMILES string of the molecule is CCc1cccc(CN)c1NC(=S)NN. The Balaban J connectivity index is 3.05. The lowest BCUT2D eigenvalue weighted by molar-refractivity contribution is 1.03. The molecule has 0 atom stereocenters. The predicted octanol–water partition coefficient (Wildman–Crippen LogP) is 0.868. The van der Waals surface area contributed by atoms with Crippen molar-refractivity contribution in [1.82, 2.24) is 5.43 Å². The van der Waals surface area contributed by atoms with Crippen molar-refractivity contribution in [2.24, 2.45) is 11.6 Å². The van der Waals surface area contributed by atoms with Gasteiger partial charge in [0.15, 0.2) is 5.11 Å². The van der Waals surface area contributed by atoms with Crippen molar-refractivity contribution in [1.29, 1.82) is 0 Å². The molecule has 0 aliphatic rings. The van der Waals surface area contributed by atoms with Gasteiger partial charge < -0.3 is 16.5 Å². The molecule has 1 aromatic carbocycles. The molecule has 0 spiro atoms. The number of nitrogens with two attached hydrogens (primary N) is 2. The molecule has 0 aromatic heterocycles. The third-order valence-electron chi connectivity index (χ3n) is 2.21. The normalized spacial score (nSPS) is 9.80. The van der Waals surface area contributed by atoms with Crippen LogP contribution >= 0.6 is 12.2 Å². The molecule has 0 bridgehead atoms. The molecule has 82 valence electrons. The van der Waals surface area contributed by atoms with E-state index in [2.05, 4.69) is 17.7 Å². The van der Waals surface area contributed by atoms with E-state index in [1.165, 1.54) is 5.56 Å². The van der Waals surface area contributed by atoms with Crippen molar-refractivity contribution >= 4 is 23.0 Å². The topological polar surface area (TPSA) is 76.1 Å². The van der Waals surface area contributed by atoms with Gasteiger partial charge in [-0.1, -0.05) is 25.1 Å². The van der Waals surface area contributed by atoms with Gasteiger partial charge in [0.25, 0.3) is 0 Å². The van der Waals surface area contributed by atoms with E-state index in [-0.39, 0.29) is 0 Å². The van der Waals surface area contributed by atoms with Gasteiger partial charge in [-0.2, -0.15) is 0 Å². The van der Waals surface area contributed by atoms with E-state index >= 15 is 0 Å². The molecule has 0 saturated carbocycles. The Bertz CT molecular complexity index is 329. The summed E-state index contributed by atoms with van der Waals surface area (Å²) in [4.78, 5) is 0. The summed E-state index contributed by atoms with van der Waals surface area (Å²) in [6.45, 7) is 2.56. The van der Waals surface area contributed by atoms with Crippen molar-refractivity contribution in [2.75, 3.05) is 5.32 Å². The fourth-order valence-electron chi connectivity index (χ4n) is 1.43. The highest BCUT2D eigenvalue weighted by Crippen LogP contribution is 2.21. The number of aryl methyl sites for hydroxylation is 1. The Hall–Kier alpha value is -1.17. The highest BCUT2D eigenvalue weighted by atomic mass is 32.1. The summed E-state index contributed by atoms with van der Waals surface area (Å²) in [6.07, 6.45) is 0.920. The number of hydrogen-bond acceptors (Lipinski definition) is 3. The van der Waals surface area contributed by atoms with Crippen molar-refractivity contribution in [3.05, 3.63) is 29.3 Å². The lowest BCUT2D eigenvalue weighted by Crippen LogP contribution is -2.34. The van der Waals surface area contributed by atoms with Crippen LogP contribution in [0.3, 0.4) is 0 Å². The second-order valence-corrected chi connectivity index (χ2v) is 3.52. The maximum absolute atomic E-state index is 5.66. The van der Waals surface area contributed by atoms with Gasteiger partial charge in [-0.25, -0.2) is 5.84 Å². The lowest BCUT2D eigenvalue weighted by Gasteiger charge is -2.15. The molecule has 6 N–H and O–H groups in total. The first-order chi connectivity index (χ1) is 7.22. The Morgan fingerprint density at radius 2 is 2.07 bits per heavy atom. The van der Waals surface area contributed by atoms with Crippen LogP contribution in [0, 0.1) is 0 Å². The maximum atomic E-state index is 5.66. The number of thiocarbonyl (C=S) groups is 1. The molecule has 1 aromatic rings. The molecule has 4 nitrogen and oxygen atoms in total. The second-order valence-electron chi connectivity index (χ2n) is 3.11. The van der Waals surface area contributed by atoms with Crippen LogP contribution in [0.5, 0.6) is 0 Å². The summed E-state index contributed by atoms with van der Waals surface area (Å²) < 4.78 is 0. The molecule has 0 radical (unpaired) electrons. The van der Waals surface area contributed by atoms with Gasteiger partial charge >= 0.3 is 0 Å². The van der Waals surface area contributed by atoms with Gasteiger partial charge in [-0.3, -0.25) is 0 Å². The van der Waals surface area contributed by atoms with Crippen LogP contribution in [0.1, 0.15) is 18.1 Å². The minimum Gasteiger partial charge on any atom is -0.331 e. The van der Waals surface area contributed by atoms with Gasteiger partial charge in [-0.15, -0.1) is 0 Å². The highest BCUT2D eigenvalue weighted by Gasteiger charge is 2.06. The molecule has 0 aliphatic carbocycles. The number of hydrogen-bond donors (Lipinski definition) is 4. The van der Waals surface area contributed by atoms with Crippen LogP contribution in [0.15, 0.2) is 18.2 Å². The van der Waals surface area contributed by atoms with E-state index < -0.39 is 0 Å². The predicted molar refractivity (Wildman–Crippen MR) is 67.3 cm³/mol. The van der Waals surface area contributed by atoms with Gasteiger partial charge in [0, 0.05) is 12.2 Å². The monoisotopic (exact) mass is 224 g/mol. The molecule has 0 saturated heterocycles. The molecular formula is C10H16N4S. The quantitative estimate of drug-likeness (QED) is 0.348. The Kier molecular flexibility index (Phi) is 4.48. The molecule has 1 rings (SSSR count). The zero-order valence-corrected chi connectivity index (χ0v) is 9.53. The summed E-state index contributed by atoms with van der Waals surface area (Å²) >= 11 is 4.96. The van der Waals surface area contributed by atoms with E-state index in [0.717, 1.165) is 17.7 Å². The number of benzene rings is 1. The zero-order valence-electron chi connectivity index (χ0n) is 8.71. The lowest BCUT2D eigenvalue weighted by atomic mass is 10.1. The van der Waals surface area contributed by atoms with Gasteiger partial charge in [-0.05, 0) is 29.8 Å². The fourth-order valence-corrected chi connectivity index (χ4v) is 1.53. The average molecular weight is 224 g/mol. The van der Waals surface area contributed by atoms with E-state index in [0.29, 0.717) is 11.7 Å². The van der Waals surface area contributed by atoms with Gasteiger partial charge in [0.1, 0.15) is 0 Å². The van der Waals surface area contributed by atoms with Crippen LogP contribution in [0.2, 0.25) is 0 Å². The first-order valence-corrected chi connectivity index (χ1v) is 5.22. The standard InChI is InChI=1S/C10H16N4S/c1-2-7-4-3-5-8(6-11)9(7)13-10(15)14-12/h3-5H,2,6,11-12H2,1H3,(H2,13,14,15). The first kappa shape index (κ1) is 11.9. The summed E-state index contributed by atoms with van der Waals surface area (Å²) in [5, 5.41) is 3.44. The Morgan fingerprint density at radius 1 is 1.40 bits per heavy atom. The second kappa shape index (κ2) is 5.65. The number of hydrazine groups is 1. The molecule has 15 heavy (non-hydrogen) atoms. The highest BCUT2D eigenvalue weighted by molar-refractivity contribution is 7.80. The van der Waals surface area contributed by atoms with E-state index in [4.69, 9.17) is 23.8 Å². The van der Waals surface area contributed by atoms with E-state index in [9.17, 15) is 0 Å².